The summed E-state index contributed by atoms with van der Waals surface area (Å²) in [6, 6.07) is 3.68. The van der Waals surface area contributed by atoms with E-state index < -0.39 is 24.8 Å². The van der Waals surface area contributed by atoms with Crippen LogP contribution in [0.1, 0.15) is 17.4 Å². The Morgan fingerprint density at radius 2 is 1.96 bits per heavy atom. The van der Waals surface area contributed by atoms with Crippen LogP contribution < -0.4 is 20.1 Å². The quantitative estimate of drug-likeness (QED) is 0.741. The highest BCUT2D eigenvalue weighted by atomic mass is 32.1. The number of benzene rings is 1. The molecule has 0 atom stereocenters. The number of aromatic nitrogens is 1. The minimum Gasteiger partial charge on any atom is -0.451 e. The zero-order valence-electron chi connectivity index (χ0n) is 13.6. The second kappa shape index (κ2) is 7.15. The third-order valence-corrected chi connectivity index (χ3v) is 3.77. The molecular formula is C15H11F2N3O6S. The average molecular weight is 399 g/mol. The Morgan fingerprint density at radius 3 is 2.70 bits per heavy atom. The minimum atomic E-state index is -3.76. The van der Waals surface area contributed by atoms with Crippen LogP contribution in [-0.4, -0.2) is 35.7 Å². The number of hydrogen-bond acceptors (Lipinski definition) is 8. The Hall–Kier alpha value is -3.28. The molecule has 3 rings (SSSR count). The third kappa shape index (κ3) is 4.67. The van der Waals surface area contributed by atoms with E-state index in [0.717, 1.165) is 17.4 Å². The number of thiazole rings is 1. The van der Waals surface area contributed by atoms with Crippen molar-refractivity contribution in [2.45, 2.75) is 13.2 Å². The maximum Gasteiger partial charge on any atom is 0.586 e. The van der Waals surface area contributed by atoms with Gasteiger partial charge in [0, 0.05) is 24.1 Å². The topological polar surface area (TPSA) is 116 Å². The van der Waals surface area contributed by atoms with Crippen LogP contribution in [0.2, 0.25) is 0 Å². The average Bonchev–Trinajstić information content (AvgIpc) is 3.14. The molecule has 0 fully saturated rings. The molecule has 2 N–H and O–H groups in total. The van der Waals surface area contributed by atoms with Gasteiger partial charge >= 0.3 is 12.3 Å². The van der Waals surface area contributed by atoms with E-state index in [4.69, 9.17) is 4.74 Å². The Morgan fingerprint density at radius 1 is 1.22 bits per heavy atom. The van der Waals surface area contributed by atoms with E-state index in [1.165, 1.54) is 24.4 Å². The number of anilines is 2. The van der Waals surface area contributed by atoms with Crippen LogP contribution in [0.25, 0.3) is 0 Å². The third-order valence-electron chi connectivity index (χ3n) is 3.02. The van der Waals surface area contributed by atoms with Crippen LogP contribution in [0.3, 0.4) is 0 Å². The van der Waals surface area contributed by atoms with E-state index in [1.54, 1.807) is 0 Å². The number of carbonyl (C=O) groups excluding carboxylic acids is 3. The predicted octanol–water partition coefficient (Wildman–Crippen LogP) is 2.22. The molecule has 1 aliphatic heterocycles. The first-order valence-electron chi connectivity index (χ1n) is 7.32. The molecule has 1 aliphatic rings. The van der Waals surface area contributed by atoms with Crippen LogP contribution in [0.5, 0.6) is 11.5 Å². The van der Waals surface area contributed by atoms with Crippen molar-refractivity contribution in [3.05, 3.63) is 29.3 Å². The molecule has 27 heavy (non-hydrogen) atoms. The number of esters is 1. The van der Waals surface area contributed by atoms with Crippen LogP contribution in [0, 0.1) is 0 Å². The fourth-order valence-electron chi connectivity index (χ4n) is 2.00. The predicted molar refractivity (Wildman–Crippen MR) is 88.0 cm³/mol. The highest BCUT2D eigenvalue weighted by Gasteiger charge is 2.43. The zero-order chi connectivity index (χ0) is 19.6. The number of halogens is 2. The van der Waals surface area contributed by atoms with Gasteiger partial charge in [-0.3, -0.25) is 9.59 Å². The van der Waals surface area contributed by atoms with Gasteiger partial charge in [-0.2, -0.15) is 0 Å². The van der Waals surface area contributed by atoms with Gasteiger partial charge in [-0.05, 0) is 12.1 Å². The lowest BCUT2D eigenvalue weighted by atomic mass is 10.3. The molecule has 0 bridgehead atoms. The highest BCUT2D eigenvalue weighted by Crippen LogP contribution is 2.42. The van der Waals surface area contributed by atoms with E-state index in [2.05, 4.69) is 25.1 Å². The van der Waals surface area contributed by atoms with Gasteiger partial charge in [-0.15, -0.1) is 20.1 Å². The van der Waals surface area contributed by atoms with Gasteiger partial charge in [0.05, 0.1) is 0 Å². The Bertz CT molecular complexity index is 917. The number of nitrogens with one attached hydrogen (secondary N) is 2. The monoisotopic (exact) mass is 399 g/mol. The molecule has 1 aromatic carbocycles. The summed E-state index contributed by atoms with van der Waals surface area (Å²) in [5.41, 5.74) is 0.0829. The van der Waals surface area contributed by atoms with Crippen LogP contribution in [0.4, 0.5) is 19.6 Å². The molecule has 2 amide bonds. The molecule has 9 nitrogen and oxygen atoms in total. The van der Waals surface area contributed by atoms with Crippen LogP contribution >= 0.6 is 11.3 Å². The van der Waals surface area contributed by atoms with Gasteiger partial charge in [0.25, 0.3) is 5.91 Å². The van der Waals surface area contributed by atoms with E-state index in [0.29, 0.717) is 0 Å². The zero-order valence-corrected chi connectivity index (χ0v) is 14.4. The van der Waals surface area contributed by atoms with Crippen LogP contribution in [0.15, 0.2) is 23.6 Å². The second-order valence-corrected chi connectivity index (χ2v) is 6.03. The Balaban J connectivity index is 1.52. The van der Waals surface area contributed by atoms with Crippen molar-refractivity contribution in [1.29, 1.82) is 0 Å². The number of ether oxygens (including phenoxy) is 3. The highest BCUT2D eigenvalue weighted by molar-refractivity contribution is 7.14. The van der Waals surface area contributed by atoms with E-state index in [-0.39, 0.29) is 33.9 Å². The molecule has 0 aliphatic carbocycles. The molecule has 0 saturated carbocycles. The van der Waals surface area contributed by atoms with Gasteiger partial charge < -0.3 is 24.8 Å². The summed E-state index contributed by atoms with van der Waals surface area (Å²) in [5, 5.41) is 6.36. The molecule has 2 heterocycles. The summed E-state index contributed by atoms with van der Waals surface area (Å²) in [6.45, 7) is 0.664. The maximum atomic E-state index is 13.0. The lowest BCUT2D eigenvalue weighted by Gasteiger charge is -2.06. The fraction of sp³-hybridized carbons (Fsp3) is 0.200. The fourth-order valence-corrected chi connectivity index (χ4v) is 2.73. The summed E-state index contributed by atoms with van der Waals surface area (Å²) >= 11 is 1.02. The molecule has 142 valence electrons. The number of carbonyl (C=O) groups is 3. The maximum absolute atomic E-state index is 13.0. The van der Waals surface area contributed by atoms with Gasteiger partial charge in [-0.1, -0.05) is 0 Å². The normalized spacial score (nSPS) is 13.7. The first-order chi connectivity index (χ1) is 12.7. The summed E-state index contributed by atoms with van der Waals surface area (Å²) in [6.07, 6.45) is -3.76. The van der Waals surface area contributed by atoms with Crippen molar-refractivity contribution in [3.8, 4) is 11.5 Å². The second-order valence-electron chi connectivity index (χ2n) is 5.17. The van der Waals surface area contributed by atoms with E-state index in [1.807, 2.05) is 0 Å². The van der Waals surface area contributed by atoms with Crippen molar-refractivity contribution in [1.82, 2.24) is 4.98 Å². The molecule has 0 saturated heterocycles. The molecule has 0 radical (unpaired) electrons. The summed E-state index contributed by atoms with van der Waals surface area (Å²) in [5.74, 6) is -2.30. The molecule has 0 unspecified atom stereocenters. The molecular weight excluding hydrogens is 388 g/mol. The number of rotatable bonds is 5. The van der Waals surface area contributed by atoms with E-state index in [9.17, 15) is 23.2 Å². The lowest BCUT2D eigenvalue weighted by molar-refractivity contribution is -0.286. The summed E-state index contributed by atoms with van der Waals surface area (Å²) in [4.78, 5) is 38.4. The smallest absolute Gasteiger partial charge is 0.451 e. The van der Waals surface area contributed by atoms with Crippen LogP contribution in [-0.2, 0) is 14.3 Å². The lowest BCUT2D eigenvalue weighted by Crippen LogP contribution is -2.25. The summed E-state index contributed by atoms with van der Waals surface area (Å²) in [7, 11) is 0. The minimum absolute atomic E-state index is 0.0677. The Labute approximate surface area is 154 Å². The van der Waals surface area contributed by atoms with Crippen molar-refractivity contribution in [3.63, 3.8) is 0 Å². The SMILES string of the molecule is CC(=O)Nc1nc(C(=O)OCC(=O)Nc2ccc3c(c2)OC(F)(F)O3)cs1. The molecule has 0 spiro atoms. The van der Waals surface area contributed by atoms with Gasteiger partial charge in [0.1, 0.15) is 0 Å². The van der Waals surface area contributed by atoms with Crippen molar-refractivity contribution >= 4 is 39.9 Å². The number of nitrogens with zero attached hydrogens (tertiary/aromatic N) is 1. The standard InChI is InChI=1S/C15H11F2N3O6S/c1-7(21)18-14-20-9(6-27-14)13(23)24-5-12(22)19-8-2-3-10-11(4-8)26-15(16,17)25-10/h2-4,6H,5H2,1H3,(H,19,22)(H,18,20,21). The summed E-state index contributed by atoms with van der Waals surface area (Å²) < 4.78 is 39.2. The molecule has 1 aromatic heterocycles. The van der Waals surface area contributed by atoms with Crippen molar-refractivity contribution < 1.29 is 37.4 Å². The first-order valence-corrected chi connectivity index (χ1v) is 8.20. The van der Waals surface area contributed by atoms with Gasteiger partial charge in [0.15, 0.2) is 28.9 Å². The number of alkyl halides is 2. The number of fused-ring (bicyclic) bond motifs is 1. The van der Waals surface area contributed by atoms with Gasteiger partial charge in [-0.25, -0.2) is 9.78 Å². The van der Waals surface area contributed by atoms with Gasteiger partial charge in [0.2, 0.25) is 5.91 Å². The Kier molecular flexibility index (Phi) is 4.90. The largest absolute Gasteiger partial charge is 0.586 e. The molecule has 2 aromatic rings. The number of amides is 2. The van der Waals surface area contributed by atoms with Crippen molar-refractivity contribution in [2.75, 3.05) is 17.2 Å². The number of hydrogen-bond donors (Lipinski definition) is 2. The van der Waals surface area contributed by atoms with E-state index >= 15 is 0 Å². The molecule has 12 heteroatoms. The van der Waals surface area contributed by atoms with Crippen molar-refractivity contribution in [2.24, 2.45) is 0 Å². The first kappa shape index (κ1) is 18.5.